The van der Waals surface area contributed by atoms with Gasteiger partial charge in [-0.25, -0.2) is 4.79 Å². The smallest absolute Gasteiger partial charge is 0.348 e. The van der Waals surface area contributed by atoms with E-state index in [-0.39, 0.29) is 11.9 Å². The van der Waals surface area contributed by atoms with E-state index in [0.717, 1.165) is 22.9 Å². The molecule has 1 saturated carbocycles. The molecule has 0 aromatic carbocycles. The van der Waals surface area contributed by atoms with Crippen molar-refractivity contribution in [1.29, 1.82) is 0 Å². The molecule has 1 fully saturated rings. The second kappa shape index (κ2) is 7.59. The summed E-state index contributed by atoms with van der Waals surface area (Å²) in [6.45, 7) is 4.00. The van der Waals surface area contributed by atoms with Crippen LogP contribution in [0.3, 0.4) is 0 Å². The minimum absolute atomic E-state index is 0.0403. The van der Waals surface area contributed by atoms with Crippen molar-refractivity contribution in [3.05, 3.63) is 16.5 Å². The van der Waals surface area contributed by atoms with Gasteiger partial charge in [0.15, 0.2) is 0 Å². The van der Waals surface area contributed by atoms with Crippen LogP contribution in [0.2, 0.25) is 0 Å². The fourth-order valence-electron chi connectivity index (χ4n) is 2.78. The van der Waals surface area contributed by atoms with E-state index >= 15 is 0 Å². The third-order valence-electron chi connectivity index (χ3n) is 3.90. The lowest BCUT2D eigenvalue weighted by Crippen LogP contribution is -2.11. The molecule has 1 aromatic heterocycles. The number of anilines is 1. The summed E-state index contributed by atoms with van der Waals surface area (Å²) in [5, 5.41) is 3.62. The highest BCUT2D eigenvalue weighted by molar-refractivity contribution is 7.18. The van der Waals surface area contributed by atoms with Crippen molar-refractivity contribution in [2.24, 2.45) is 5.92 Å². The molecule has 1 N–H and O–H groups in total. The van der Waals surface area contributed by atoms with Crippen LogP contribution >= 0.6 is 11.3 Å². The van der Waals surface area contributed by atoms with Crippen LogP contribution < -0.4 is 5.32 Å². The largest absolute Gasteiger partial charge is 0.462 e. The van der Waals surface area contributed by atoms with Gasteiger partial charge >= 0.3 is 5.97 Å². The van der Waals surface area contributed by atoms with Gasteiger partial charge in [-0.3, -0.25) is 4.79 Å². The highest BCUT2D eigenvalue weighted by Gasteiger charge is 2.18. The van der Waals surface area contributed by atoms with E-state index in [1.165, 1.54) is 37.0 Å². The molecule has 1 amide bonds. The molecule has 0 radical (unpaired) electrons. The third-order valence-corrected chi connectivity index (χ3v) is 5.03. The van der Waals surface area contributed by atoms with E-state index in [9.17, 15) is 9.59 Å². The number of ether oxygens (including phenoxy) is 1. The Morgan fingerprint density at radius 2 is 2.10 bits per heavy atom. The highest BCUT2D eigenvalue weighted by atomic mass is 32.1. The third kappa shape index (κ3) is 4.56. The Hall–Kier alpha value is -1.36. The minimum atomic E-state index is -0.313. The van der Waals surface area contributed by atoms with Gasteiger partial charge in [0, 0.05) is 6.42 Å². The summed E-state index contributed by atoms with van der Waals surface area (Å²) in [5.74, 6) is 0.445. The van der Waals surface area contributed by atoms with Gasteiger partial charge in [0.25, 0.3) is 0 Å². The standard InChI is InChI=1S/C16H23NO3S/c1-3-20-16(19)15-11(2)10-14(21-15)17-13(18)9-8-12-6-4-5-7-12/h10,12H,3-9H2,1-2H3,(H,17,18). The van der Waals surface area contributed by atoms with Crippen LogP contribution in [0.15, 0.2) is 6.07 Å². The molecule has 4 nitrogen and oxygen atoms in total. The summed E-state index contributed by atoms with van der Waals surface area (Å²) in [7, 11) is 0. The van der Waals surface area contributed by atoms with Crippen LogP contribution in [-0.4, -0.2) is 18.5 Å². The maximum Gasteiger partial charge on any atom is 0.348 e. The number of nitrogens with one attached hydrogen (secondary N) is 1. The number of carbonyl (C=O) groups excluding carboxylic acids is 2. The Balaban J connectivity index is 1.85. The van der Waals surface area contributed by atoms with Crippen molar-refractivity contribution in [2.45, 2.75) is 52.4 Å². The van der Waals surface area contributed by atoms with Gasteiger partial charge in [0.1, 0.15) is 4.88 Å². The highest BCUT2D eigenvalue weighted by Crippen LogP contribution is 2.30. The average molecular weight is 309 g/mol. The van der Waals surface area contributed by atoms with E-state index in [4.69, 9.17) is 4.74 Å². The fourth-order valence-corrected chi connectivity index (χ4v) is 3.76. The summed E-state index contributed by atoms with van der Waals surface area (Å²) in [6, 6.07) is 1.84. The molecule has 0 aliphatic heterocycles. The van der Waals surface area contributed by atoms with Crippen LogP contribution in [-0.2, 0) is 9.53 Å². The molecule has 5 heteroatoms. The first-order valence-electron chi connectivity index (χ1n) is 7.67. The Morgan fingerprint density at radius 1 is 1.38 bits per heavy atom. The van der Waals surface area contributed by atoms with Gasteiger partial charge in [-0.05, 0) is 37.8 Å². The molecule has 0 unspecified atom stereocenters. The molecule has 1 aliphatic carbocycles. The van der Waals surface area contributed by atoms with Crippen LogP contribution in [0, 0.1) is 12.8 Å². The number of hydrogen-bond acceptors (Lipinski definition) is 4. The Morgan fingerprint density at radius 3 is 2.76 bits per heavy atom. The fraction of sp³-hybridized carbons (Fsp3) is 0.625. The normalized spacial score (nSPS) is 15.1. The Bertz CT molecular complexity index is 504. The van der Waals surface area contributed by atoms with E-state index < -0.39 is 0 Å². The van der Waals surface area contributed by atoms with Crippen LogP contribution in [0.4, 0.5) is 5.00 Å². The maximum absolute atomic E-state index is 12.0. The number of amides is 1. The number of esters is 1. The van der Waals surface area contributed by atoms with E-state index in [1.807, 2.05) is 13.0 Å². The van der Waals surface area contributed by atoms with Crippen molar-refractivity contribution in [3.8, 4) is 0 Å². The molecule has 1 aromatic rings. The van der Waals surface area contributed by atoms with Crippen molar-refractivity contribution in [2.75, 3.05) is 11.9 Å². The number of aryl methyl sites for hydroxylation is 1. The first-order chi connectivity index (χ1) is 10.1. The summed E-state index contributed by atoms with van der Waals surface area (Å²) in [6.07, 6.45) is 6.67. The number of rotatable bonds is 6. The SMILES string of the molecule is CCOC(=O)c1sc(NC(=O)CCC2CCCC2)cc1C. The monoisotopic (exact) mass is 309 g/mol. The second-order valence-electron chi connectivity index (χ2n) is 5.58. The van der Waals surface area contributed by atoms with Gasteiger partial charge in [0.2, 0.25) is 5.91 Å². The second-order valence-corrected chi connectivity index (χ2v) is 6.63. The quantitative estimate of drug-likeness (QED) is 0.803. The Labute approximate surface area is 129 Å². The molecule has 1 aliphatic rings. The van der Waals surface area contributed by atoms with E-state index in [0.29, 0.717) is 17.9 Å². The summed E-state index contributed by atoms with van der Waals surface area (Å²) < 4.78 is 5.00. The minimum Gasteiger partial charge on any atom is -0.462 e. The zero-order chi connectivity index (χ0) is 15.2. The molecule has 0 saturated heterocycles. The van der Waals surface area contributed by atoms with Crippen LogP contribution in [0.5, 0.6) is 0 Å². The topological polar surface area (TPSA) is 55.4 Å². The van der Waals surface area contributed by atoms with Crippen molar-refractivity contribution in [3.63, 3.8) is 0 Å². The van der Waals surface area contributed by atoms with Gasteiger partial charge in [0.05, 0.1) is 11.6 Å². The van der Waals surface area contributed by atoms with Gasteiger partial charge in [-0.1, -0.05) is 25.7 Å². The van der Waals surface area contributed by atoms with E-state index in [1.54, 1.807) is 6.92 Å². The van der Waals surface area contributed by atoms with Crippen molar-refractivity contribution >= 4 is 28.2 Å². The summed E-state index contributed by atoms with van der Waals surface area (Å²) >= 11 is 1.29. The number of hydrogen-bond donors (Lipinski definition) is 1. The maximum atomic E-state index is 12.0. The van der Waals surface area contributed by atoms with E-state index in [2.05, 4.69) is 5.32 Å². The molecule has 1 heterocycles. The molecule has 0 bridgehead atoms. The molecule has 2 rings (SSSR count). The van der Waals surface area contributed by atoms with Crippen LogP contribution in [0.25, 0.3) is 0 Å². The van der Waals surface area contributed by atoms with Gasteiger partial charge < -0.3 is 10.1 Å². The van der Waals surface area contributed by atoms with Gasteiger partial charge in [-0.2, -0.15) is 0 Å². The Kier molecular flexibility index (Phi) is 5.79. The van der Waals surface area contributed by atoms with Gasteiger partial charge in [-0.15, -0.1) is 11.3 Å². The average Bonchev–Trinajstić information content (AvgIpc) is 3.06. The lowest BCUT2D eigenvalue weighted by Gasteiger charge is -2.07. The first-order valence-corrected chi connectivity index (χ1v) is 8.49. The molecule has 116 valence electrons. The molecular formula is C16H23NO3S. The lowest BCUT2D eigenvalue weighted by molar-refractivity contribution is -0.116. The molecular weight excluding hydrogens is 286 g/mol. The molecule has 0 spiro atoms. The van der Waals surface area contributed by atoms with Crippen molar-refractivity contribution in [1.82, 2.24) is 0 Å². The predicted octanol–water partition coefficient (Wildman–Crippen LogP) is 4.14. The lowest BCUT2D eigenvalue weighted by atomic mass is 10.0. The molecule has 0 atom stereocenters. The number of thiophene rings is 1. The summed E-state index contributed by atoms with van der Waals surface area (Å²) in [5.41, 5.74) is 0.851. The number of carbonyl (C=O) groups is 2. The predicted molar refractivity (Wildman–Crippen MR) is 84.8 cm³/mol. The summed E-state index contributed by atoms with van der Waals surface area (Å²) in [4.78, 5) is 24.3. The zero-order valence-electron chi connectivity index (χ0n) is 12.7. The van der Waals surface area contributed by atoms with Crippen LogP contribution in [0.1, 0.15) is 60.7 Å². The zero-order valence-corrected chi connectivity index (χ0v) is 13.6. The molecule has 21 heavy (non-hydrogen) atoms. The van der Waals surface area contributed by atoms with Crippen molar-refractivity contribution < 1.29 is 14.3 Å². The first kappa shape index (κ1) is 16.0.